The first-order chi connectivity index (χ1) is 14.1. The monoisotopic (exact) mass is 506 g/mol. The van der Waals surface area contributed by atoms with Crippen LogP contribution >= 0.6 is 0 Å². The van der Waals surface area contributed by atoms with Crippen LogP contribution in [0.2, 0.25) is 0 Å². The van der Waals surface area contributed by atoms with E-state index in [1.54, 1.807) is 0 Å². The van der Waals surface area contributed by atoms with Crippen LogP contribution in [0.4, 0.5) is 30.7 Å². The summed E-state index contributed by atoms with van der Waals surface area (Å²) in [5.41, 5.74) is -3.82. The Labute approximate surface area is 180 Å². The molecule has 32 heavy (non-hydrogen) atoms. The lowest BCUT2D eigenvalue weighted by atomic mass is 9.89. The Morgan fingerprint density at radius 1 is 1.06 bits per heavy atom. The Morgan fingerprint density at radius 3 is 1.97 bits per heavy atom. The van der Waals surface area contributed by atoms with Crippen molar-refractivity contribution >= 4 is 16.1 Å². The fourth-order valence-electron chi connectivity index (χ4n) is 2.40. The number of carbonyl (C=O) groups is 1. The first kappa shape index (κ1) is 30.6. The maximum Gasteiger partial charge on any atom is 0.431 e. The smallest absolute Gasteiger partial charge is 0.431 e. The van der Waals surface area contributed by atoms with Gasteiger partial charge in [-0.05, 0) is 25.7 Å². The van der Waals surface area contributed by atoms with Crippen LogP contribution < -0.4 is 0 Å². The van der Waals surface area contributed by atoms with Crippen LogP contribution in [0.1, 0.15) is 40.0 Å². The number of alkyl halides is 7. The van der Waals surface area contributed by atoms with Crippen LogP contribution in [0.15, 0.2) is 12.2 Å². The van der Waals surface area contributed by atoms with Gasteiger partial charge in [-0.15, -0.1) is 0 Å². The van der Waals surface area contributed by atoms with Crippen molar-refractivity contribution in [2.24, 2.45) is 5.92 Å². The highest BCUT2D eigenvalue weighted by Crippen LogP contribution is 2.41. The van der Waals surface area contributed by atoms with E-state index in [4.69, 9.17) is 14.0 Å². The lowest BCUT2D eigenvalue weighted by molar-refractivity contribution is -0.290. The van der Waals surface area contributed by atoms with E-state index in [1.807, 2.05) is 0 Å². The van der Waals surface area contributed by atoms with Crippen LogP contribution in [-0.2, 0) is 24.4 Å². The van der Waals surface area contributed by atoms with Gasteiger partial charge >= 0.3 is 33.4 Å². The number of aliphatic hydroxyl groups is 1. The first-order valence-corrected chi connectivity index (χ1v) is 10.5. The molecule has 0 bridgehead atoms. The zero-order chi connectivity index (χ0) is 25.8. The van der Waals surface area contributed by atoms with Crippen LogP contribution in [0.25, 0.3) is 0 Å². The summed E-state index contributed by atoms with van der Waals surface area (Å²) >= 11 is 0. The Hall–Kier alpha value is -1.45. The van der Waals surface area contributed by atoms with E-state index in [9.17, 15) is 49.1 Å². The van der Waals surface area contributed by atoms with Gasteiger partial charge < -0.3 is 14.6 Å². The molecule has 0 spiro atoms. The van der Waals surface area contributed by atoms with Gasteiger partial charge in [0.05, 0.1) is 12.2 Å². The average molecular weight is 506 g/mol. The highest BCUT2D eigenvalue weighted by molar-refractivity contribution is 7.87. The molecule has 15 heteroatoms. The van der Waals surface area contributed by atoms with Gasteiger partial charge in [-0.2, -0.15) is 39.2 Å². The molecule has 7 nitrogen and oxygen atoms in total. The number of ether oxygens (including phenoxy) is 2. The van der Waals surface area contributed by atoms with Crippen molar-refractivity contribution in [2.75, 3.05) is 13.2 Å². The third-order valence-corrected chi connectivity index (χ3v) is 5.26. The molecule has 0 radical (unpaired) electrons. The molecule has 0 heterocycles. The second-order valence-electron chi connectivity index (χ2n) is 7.52. The summed E-state index contributed by atoms with van der Waals surface area (Å²) in [6.45, 7) is 5.26. The second kappa shape index (κ2) is 10.7. The Bertz CT molecular complexity index is 762. The molecule has 0 aliphatic rings. The third-order valence-electron chi connectivity index (χ3n) is 4.31. The summed E-state index contributed by atoms with van der Waals surface area (Å²) in [4.78, 5) is 11.9. The largest absolute Gasteiger partial charge is 0.455 e. The van der Waals surface area contributed by atoms with Crippen molar-refractivity contribution in [3.63, 3.8) is 0 Å². The van der Waals surface area contributed by atoms with E-state index in [1.165, 1.54) is 13.8 Å². The van der Waals surface area contributed by atoms with Gasteiger partial charge in [-0.3, -0.25) is 4.55 Å². The Balaban J connectivity index is 4.64. The first-order valence-electron chi connectivity index (χ1n) is 9.08. The van der Waals surface area contributed by atoms with Gasteiger partial charge in [0, 0.05) is 13.0 Å². The van der Waals surface area contributed by atoms with Crippen molar-refractivity contribution < 1.29 is 63.1 Å². The molecule has 190 valence electrons. The number of carbonyl (C=O) groups excluding carboxylic acids is 1. The molecular formula is C17H25F7O7S. The minimum Gasteiger partial charge on any atom is -0.455 e. The average Bonchev–Trinajstić information content (AvgIpc) is 2.59. The number of esters is 1. The summed E-state index contributed by atoms with van der Waals surface area (Å²) in [5, 5.41) is 4.05. The Morgan fingerprint density at radius 2 is 1.56 bits per heavy atom. The predicted molar refractivity (Wildman–Crippen MR) is 96.6 cm³/mol. The van der Waals surface area contributed by atoms with Crippen LogP contribution in [0.3, 0.4) is 0 Å². The number of hydrogen-bond donors (Lipinski definition) is 2. The molecule has 2 unspecified atom stereocenters. The molecule has 0 aromatic carbocycles. The summed E-state index contributed by atoms with van der Waals surface area (Å²) in [6.07, 6.45) is -9.63. The van der Waals surface area contributed by atoms with Crippen molar-refractivity contribution in [1.29, 1.82) is 0 Å². The SMILES string of the molecule is C=C(COCCCCC(F)(F)C(F)(F)S(=O)(=O)O)C(=O)OC(C(C)C)C(C)(O)C(F)(F)F. The summed E-state index contributed by atoms with van der Waals surface area (Å²) in [6, 6.07) is 0. The standard InChI is InChI=1S/C17H25F7O7S/c1-10(2)12(14(4,26)16(20,21)22)31-13(25)11(3)9-30-8-6-5-7-15(18,19)17(23,24)32(27,28)29/h10,12,26H,3,5-9H2,1-2,4H3,(H,27,28,29). The zero-order valence-electron chi connectivity index (χ0n) is 17.4. The maximum absolute atomic E-state index is 13.3. The lowest BCUT2D eigenvalue weighted by Gasteiger charge is -2.36. The van der Waals surface area contributed by atoms with Gasteiger partial charge in [-0.25, -0.2) is 4.79 Å². The molecule has 0 saturated carbocycles. The topological polar surface area (TPSA) is 110 Å². The second-order valence-corrected chi connectivity index (χ2v) is 8.99. The molecule has 0 rings (SSSR count). The van der Waals surface area contributed by atoms with Gasteiger partial charge in [0.1, 0.15) is 6.10 Å². The van der Waals surface area contributed by atoms with E-state index >= 15 is 0 Å². The van der Waals surface area contributed by atoms with Gasteiger partial charge in [-0.1, -0.05) is 20.4 Å². The highest BCUT2D eigenvalue weighted by atomic mass is 32.2. The van der Waals surface area contributed by atoms with Crippen molar-refractivity contribution in [3.8, 4) is 0 Å². The van der Waals surface area contributed by atoms with E-state index in [0.29, 0.717) is 6.92 Å². The van der Waals surface area contributed by atoms with Gasteiger partial charge in [0.15, 0.2) is 5.60 Å². The third kappa shape index (κ3) is 7.56. The molecule has 0 aliphatic carbocycles. The molecular weight excluding hydrogens is 481 g/mol. The number of halogens is 7. The lowest BCUT2D eigenvalue weighted by Crippen LogP contribution is -2.55. The minimum absolute atomic E-state index is 0.295. The fraction of sp³-hybridized carbons (Fsp3) is 0.824. The van der Waals surface area contributed by atoms with E-state index in [2.05, 4.69) is 6.58 Å². The predicted octanol–water partition coefficient (Wildman–Crippen LogP) is 3.73. The summed E-state index contributed by atoms with van der Waals surface area (Å²) in [5.74, 6) is -7.30. The van der Waals surface area contributed by atoms with Crippen molar-refractivity contribution in [1.82, 2.24) is 0 Å². The summed E-state index contributed by atoms with van der Waals surface area (Å²) in [7, 11) is -6.33. The van der Waals surface area contributed by atoms with E-state index in [0.717, 1.165) is 0 Å². The Kier molecular flexibility index (Phi) is 10.2. The molecule has 0 saturated heterocycles. The molecule has 2 atom stereocenters. The van der Waals surface area contributed by atoms with Crippen LogP contribution in [0.5, 0.6) is 0 Å². The van der Waals surface area contributed by atoms with E-state index in [-0.39, 0.29) is 13.0 Å². The molecule has 0 aliphatic heterocycles. The minimum atomic E-state index is -6.33. The number of hydrogen-bond acceptors (Lipinski definition) is 6. The molecule has 0 aromatic heterocycles. The van der Waals surface area contributed by atoms with E-state index < -0.39 is 76.1 Å². The molecule has 0 amide bonds. The fourth-order valence-corrected chi connectivity index (χ4v) is 2.88. The molecule has 0 aromatic rings. The van der Waals surface area contributed by atoms with Crippen molar-refractivity contribution in [3.05, 3.63) is 12.2 Å². The highest BCUT2D eigenvalue weighted by Gasteiger charge is 2.64. The van der Waals surface area contributed by atoms with Crippen LogP contribution in [-0.4, -0.2) is 66.3 Å². The van der Waals surface area contributed by atoms with Crippen LogP contribution in [0, 0.1) is 5.92 Å². The van der Waals surface area contributed by atoms with Crippen molar-refractivity contribution in [2.45, 2.75) is 69.1 Å². The quantitative estimate of drug-likeness (QED) is 0.129. The normalized spacial score (nSPS) is 16.5. The molecule has 0 fully saturated rings. The number of rotatable bonds is 13. The maximum atomic E-state index is 13.3. The van der Waals surface area contributed by atoms with Gasteiger partial charge in [0.2, 0.25) is 0 Å². The molecule has 2 N–H and O–H groups in total. The summed E-state index contributed by atoms with van der Waals surface area (Å²) < 4.78 is 130. The number of unbranched alkanes of at least 4 members (excludes halogenated alkanes) is 1. The van der Waals surface area contributed by atoms with Gasteiger partial charge in [0.25, 0.3) is 0 Å². The zero-order valence-corrected chi connectivity index (χ0v) is 18.2.